The highest BCUT2D eigenvalue weighted by Crippen LogP contribution is 2.38. The first-order valence-corrected chi connectivity index (χ1v) is 12.1. The van der Waals surface area contributed by atoms with Crippen LogP contribution in [-0.2, 0) is 16.1 Å². The molecule has 1 aromatic carbocycles. The Labute approximate surface area is 184 Å². The summed E-state index contributed by atoms with van der Waals surface area (Å²) in [6.45, 7) is 1.51. The van der Waals surface area contributed by atoms with Gasteiger partial charge in [-0.2, -0.15) is 0 Å². The van der Waals surface area contributed by atoms with Gasteiger partial charge in [-0.25, -0.2) is 0 Å². The lowest BCUT2D eigenvalue weighted by atomic mass is 10.1. The summed E-state index contributed by atoms with van der Waals surface area (Å²) in [6.07, 6.45) is 4.41. The third kappa shape index (κ3) is 4.45. The summed E-state index contributed by atoms with van der Waals surface area (Å²) in [5, 5.41) is 14.6. The maximum absolute atomic E-state index is 13.1. The molecule has 2 unspecified atom stereocenters. The van der Waals surface area contributed by atoms with E-state index in [0.29, 0.717) is 12.6 Å². The predicted octanol–water partition coefficient (Wildman–Crippen LogP) is 4.30. The summed E-state index contributed by atoms with van der Waals surface area (Å²) in [6, 6.07) is 14.3. The maximum Gasteiger partial charge on any atom is 0.238 e. The van der Waals surface area contributed by atoms with Crippen molar-refractivity contribution in [1.82, 2.24) is 20.1 Å². The van der Waals surface area contributed by atoms with Crippen molar-refractivity contribution in [2.24, 2.45) is 0 Å². The summed E-state index contributed by atoms with van der Waals surface area (Å²) in [4.78, 5) is 14.2. The molecule has 3 heterocycles. The Balaban J connectivity index is 1.46. The molecule has 1 aliphatic carbocycles. The maximum atomic E-state index is 13.1. The third-order valence-electron chi connectivity index (χ3n) is 5.36. The van der Waals surface area contributed by atoms with Gasteiger partial charge in [0.15, 0.2) is 11.0 Å². The van der Waals surface area contributed by atoms with Crippen molar-refractivity contribution < 1.29 is 9.53 Å². The number of hydrogen-bond acceptors (Lipinski definition) is 6. The second-order valence-electron chi connectivity index (χ2n) is 7.72. The Kier molecular flexibility index (Phi) is 5.88. The van der Waals surface area contributed by atoms with Gasteiger partial charge in [0.25, 0.3) is 0 Å². The van der Waals surface area contributed by atoms with Crippen LogP contribution < -0.4 is 5.32 Å². The molecule has 2 fully saturated rings. The standard InChI is InChI=1S/C22H24N4O2S2/c27-21(23-16-10-11-16)19(15-6-2-1-3-7-15)30-22-25-24-20(18-9-5-13-29-18)26(22)14-17-8-4-12-28-17/h1-3,5-7,9,13,16-17,19H,4,8,10-12,14H2,(H,23,27). The van der Waals surface area contributed by atoms with Crippen LogP contribution >= 0.6 is 23.1 Å². The van der Waals surface area contributed by atoms with Gasteiger partial charge in [-0.1, -0.05) is 48.2 Å². The van der Waals surface area contributed by atoms with E-state index < -0.39 is 0 Å². The lowest BCUT2D eigenvalue weighted by molar-refractivity contribution is -0.120. The van der Waals surface area contributed by atoms with Crippen LogP contribution in [0.2, 0.25) is 0 Å². The molecule has 8 heteroatoms. The van der Waals surface area contributed by atoms with E-state index in [1.54, 1.807) is 11.3 Å². The summed E-state index contributed by atoms with van der Waals surface area (Å²) in [7, 11) is 0. The highest BCUT2D eigenvalue weighted by atomic mass is 32.2. The zero-order valence-electron chi connectivity index (χ0n) is 16.6. The minimum Gasteiger partial charge on any atom is -0.376 e. The topological polar surface area (TPSA) is 69.0 Å². The van der Waals surface area contributed by atoms with Crippen molar-refractivity contribution in [1.29, 1.82) is 0 Å². The van der Waals surface area contributed by atoms with E-state index in [0.717, 1.165) is 53.7 Å². The second kappa shape index (κ2) is 8.91. The first-order valence-electron chi connectivity index (χ1n) is 10.4. The van der Waals surface area contributed by atoms with Gasteiger partial charge in [-0.15, -0.1) is 21.5 Å². The van der Waals surface area contributed by atoms with Gasteiger partial charge in [-0.3, -0.25) is 9.36 Å². The molecule has 1 saturated heterocycles. The molecule has 3 aromatic rings. The molecule has 5 rings (SSSR count). The zero-order valence-corrected chi connectivity index (χ0v) is 18.2. The molecule has 30 heavy (non-hydrogen) atoms. The Morgan fingerprint density at radius 3 is 2.77 bits per heavy atom. The zero-order chi connectivity index (χ0) is 20.3. The fourth-order valence-electron chi connectivity index (χ4n) is 3.63. The largest absolute Gasteiger partial charge is 0.376 e. The molecule has 0 radical (unpaired) electrons. The van der Waals surface area contributed by atoms with Gasteiger partial charge in [-0.05, 0) is 42.7 Å². The number of benzene rings is 1. The van der Waals surface area contributed by atoms with E-state index in [9.17, 15) is 4.79 Å². The van der Waals surface area contributed by atoms with Gasteiger partial charge in [0.1, 0.15) is 5.25 Å². The third-order valence-corrected chi connectivity index (χ3v) is 7.46. The Bertz CT molecular complexity index is 980. The number of carbonyl (C=O) groups excluding carboxylic acids is 1. The number of rotatable bonds is 8. The van der Waals surface area contributed by atoms with Crippen molar-refractivity contribution in [3.05, 3.63) is 53.4 Å². The normalized spacial score (nSPS) is 19.7. The van der Waals surface area contributed by atoms with Crippen LogP contribution in [0.1, 0.15) is 36.5 Å². The summed E-state index contributed by atoms with van der Waals surface area (Å²) >= 11 is 3.12. The van der Waals surface area contributed by atoms with E-state index in [2.05, 4.69) is 26.1 Å². The summed E-state index contributed by atoms with van der Waals surface area (Å²) in [5.74, 6) is 0.885. The SMILES string of the molecule is O=C(NC1CC1)C(Sc1nnc(-c2cccs2)n1CC1CCCO1)c1ccccc1. The van der Waals surface area contributed by atoms with Gasteiger partial charge >= 0.3 is 0 Å². The molecule has 2 atom stereocenters. The number of hydrogen-bond donors (Lipinski definition) is 1. The molecule has 1 saturated carbocycles. The van der Waals surface area contributed by atoms with Gasteiger partial charge in [0, 0.05) is 12.6 Å². The van der Waals surface area contributed by atoms with Crippen LogP contribution in [0.15, 0.2) is 53.0 Å². The average Bonchev–Trinajstić information content (AvgIpc) is 3.19. The summed E-state index contributed by atoms with van der Waals surface area (Å²) in [5.41, 5.74) is 0.977. The first-order chi connectivity index (χ1) is 14.8. The van der Waals surface area contributed by atoms with E-state index in [1.807, 2.05) is 41.8 Å². The van der Waals surface area contributed by atoms with Gasteiger partial charge in [0.2, 0.25) is 5.91 Å². The van der Waals surface area contributed by atoms with Crippen molar-refractivity contribution in [2.45, 2.75) is 54.8 Å². The Hall–Kier alpha value is -2.16. The fraction of sp³-hybridized carbons (Fsp3) is 0.409. The lowest BCUT2D eigenvalue weighted by Gasteiger charge is -2.18. The number of thiophene rings is 1. The molecule has 1 aliphatic heterocycles. The highest BCUT2D eigenvalue weighted by molar-refractivity contribution is 8.00. The van der Waals surface area contributed by atoms with Crippen LogP contribution in [0, 0.1) is 0 Å². The molecule has 0 bridgehead atoms. The van der Waals surface area contributed by atoms with Gasteiger partial charge in [0.05, 0.1) is 17.5 Å². The molecular formula is C22H24N4O2S2. The van der Waals surface area contributed by atoms with E-state index in [1.165, 1.54) is 11.8 Å². The molecule has 6 nitrogen and oxygen atoms in total. The van der Waals surface area contributed by atoms with E-state index in [-0.39, 0.29) is 17.3 Å². The minimum absolute atomic E-state index is 0.0399. The van der Waals surface area contributed by atoms with Crippen LogP contribution in [0.4, 0.5) is 0 Å². The average molecular weight is 441 g/mol. The van der Waals surface area contributed by atoms with Crippen molar-refractivity contribution in [3.63, 3.8) is 0 Å². The first kappa shape index (κ1) is 19.8. The van der Waals surface area contributed by atoms with Gasteiger partial charge < -0.3 is 10.1 Å². The second-order valence-corrected chi connectivity index (χ2v) is 9.74. The van der Waals surface area contributed by atoms with Crippen LogP contribution in [-0.4, -0.2) is 39.4 Å². The minimum atomic E-state index is -0.365. The highest BCUT2D eigenvalue weighted by Gasteiger charge is 2.31. The van der Waals surface area contributed by atoms with Crippen LogP contribution in [0.5, 0.6) is 0 Å². The predicted molar refractivity (Wildman–Crippen MR) is 119 cm³/mol. The molecule has 2 aromatic heterocycles. The molecule has 0 spiro atoms. The molecule has 2 aliphatic rings. The van der Waals surface area contributed by atoms with Crippen LogP contribution in [0.25, 0.3) is 10.7 Å². The van der Waals surface area contributed by atoms with E-state index >= 15 is 0 Å². The van der Waals surface area contributed by atoms with E-state index in [4.69, 9.17) is 4.74 Å². The van der Waals surface area contributed by atoms with Crippen molar-refractivity contribution in [3.8, 4) is 10.7 Å². The molecule has 1 amide bonds. The Morgan fingerprint density at radius 2 is 2.07 bits per heavy atom. The molecule has 156 valence electrons. The number of carbonyl (C=O) groups is 1. The molecule has 1 N–H and O–H groups in total. The number of ether oxygens (including phenoxy) is 1. The monoisotopic (exact) mass is 440 g/mol. The lowest BCUT2D eigenvalue weighted by Crippen LogP contribution is -2.30. The summed E-state index contributed by atoms with van der Waals surface area (Å²) < 4.78 is 8.02. The number of nitrogens with zero attached hydrogens (tertiary/aromatic N) is 3. The smallest absolute Gasteiger partial charge is 0.238 e. The Morgan fingerprint density at radius 1 is 1.20 bits per heavy atom. The quantitative estimate of drug-likeness (QED) is 0.529. The number of amides is 1. The number of nitrogens with one attached hydrogen (secondary N) is 1. The number of aromatic nitrogens is 3. The fourth-order valence-corrected chi connectivity index (χ4v) is 5.40. The molecular weight excluding hydrogens is 416 g/mol. The van der Waals surface area contributed by atoms with Crippen molar-refractivity contribution >= 4 is 29.0 Å². The number of thioether (sulfide) groups is 1. The van der Waals surface area contributed by atoms with Crippen LogP contribution in [0.3, 0.4) is 0 Å². The van der Waals surface area contributed by atoms with Crippen molar-refractivity contribution in [2.75, 3.05) is 6.61 Å².